The first kappa shape index (κ1) is 20.2. The molecular formula is C21H19N3O4S. The summed E-state index contributed by atoms with van der Waals surface area (Å²) in [6, 6.07) is 17.0. The monoisotopic (exact) mass is 409 g/mol. The van der Waals surface area contributed by atoms with E-state index >= 15 is 0 Å². The van der Waals surface area contributed by atoms with Gasteiger partial charge in [0.05, 0.1) is 4.88 Å². The van der Waals surface area contributed by atoms with Crippen LogP contribution in [0.5, 0.6) is 0 Å². The Morgan fingerprint density at radius 3 is 2.17 bits per heavy atom. The molecule has 148 valence electrons. The minimum absolute atomic E-state index is 0.0496. The highest BCUT2D eigenvalue weighted by molar-refractivity contribution is 7.12. The number of carbonyl (C=O) groups excluding carboxylic acids is 3. The van der Waals surface area contributed by atoms with Gasteiger partial charge in [0, 0.05) is 29.7 Å². The molecule has 7 nitrogen and oxygen atoms in total. The molecule has 0 radical (unpaired) electrons. The fourth-order valence-corrected chi connectivity index (χ4v) is 3.13. The Bertz CT molecular complexity index is 1000. The molecule has 0 unspecified atom stereocenters. The predicted molar refractivity (Wildman–Crippen MR) is 114 cm³/mol. The maximum absolute atomic E-state index is 12.5. The number of ether oxygens (including phenoxy) is 1. The van der Waals surface area contributed by atoms with Crippen LogP contribution < -0.4 is 16.0 Å². The average Bonchev–Trinajstić information content (AvgIpc) is 3.24. The van der Waals surface area contributed by atoms with Crippen molar-refractivity contribution in [1.29, 1.82) is 0 Å². The summed E-state index contributed by atoms with van der Waals surface area (Å²) in [6.07, 6.45) is 0. The number of thiophene rings is 1. The Hall–Kier alpha value is -3.49. The van der Waals surface area contributed by atoms with Crippen molar-refractivity contribution in [2.45, 2.75) is 0 Å². The van der Waals surface area contributed by atoms with Crippen LogP contribution in [0.4, 0.5) is 17.1 Å². The van der Waals surface area contributed by atoms with Gasteiger partial charge in [-0.25, -0.2) is 0 Å². The topological polar surface area (TPSA) is 96.5 Å². The van der Waals surface area contributed by atoms with E-state index in [1.54, 1.807) is 54.6 Å². The van der Waals surface area contributed by atoms with Gasteiger partial charge in [0.25, 0.3) is 11.8 Å². The molecule has 1 heterocycles. The lowest BCUT2D eigenvalue weighted by atomic mass is 10.2. The Morgan fingerprint density at radius 2 is 1.52 bits per heavy atom. The van der Waals surface area contributed by atoms with E-state index in [0.29, 0.717) is 27.5 Å². The van der Waals surface area contributed by atoms with Crippen molar-refractivity contribution in [3.8, 4) is 0 Å². The molecule has 1 aromatic heterocycles. The van der Waals surface area contributed by atoms with Crippen LogP contribution >= 0.6 is 11.3 Å². The Morgan fingerprint density at radius 1 is 0.828 bits per heavy atom. The number of methoxy groups -OCH3 is 1. The standard InChI is InChI=1S/C21H19N3O4S/c1-28-13-19(25)22-16-4-2-5-17(12-16)24-20(26)14-7-9-15(10-8-14)23-21(27)18-6-3-11-29-18/h2-12H,13H2,1H3,(H,22,25)(H,23,27)(H,24,26). The summed E-state index contributed by atoms with van der Waals surface area (Å²) in [5.41, 5.74) is 2.13. The predicted octanol–water partition coefficient (Wildman–Crippen LogP) is 3.84. The SMILES string of the molecule is COCC(=O)Nc1cccc(NC(=O)c2ccc(NC(=O)c3cccs3)cc2)c1. The number of hydrogen-bond acceptors (Lipinski definition) is 5. The van der Waals surface area contributed by atoms with Crippen molar-refractivity contribution >= 4 is 46.1 Å². The second-order valence-electron chi connectivity index (χ2n) is 6.02. The molecule has 0 saturated carbocycles. The van der Waals surface area contributed by atoms with Crippen molar-refractivity contribution in [1.82, 2.24) is 0 Å². The molecule has 3 N–H and O–H groups in total. The lowest BCUT2D eigenvalue weighted by Gasteiger charge is -2.09. The summed E-state index contributed by atoms with van der Waals surface area (Å²) in [7, 11) is 1.44. The summed E-state index contributed by atoms with van der Waals surface area (Å²) < 4.78 is 4.78. The molecule has 0 aliphatic rings. The molecule has 0 aliphatic heterocycles. The van der Waals surface area contributed by atoms with Crippen molar-refractivity contribution < 1.29 is 19.1 Å². The number of hydrogen-bond donors (Lipinski definition) is 3. The van der Waals surface area contributed by atoms with E-state index in [1.165, 1.54) is 18.4 Å². The van der Waals surface area contributed by atoms with Gasteiger partial charge in [-0.05, 0) is 53.9 Å². The van der Waals surface area contributed by atoms with E-state index in [4.69, 9.17) is 4.74 Å². The molecule has 3 amide bonds. The molecule has 0 spiro atoms. The number of benzene rings is 2. The van der Waals surface area contributed by atoms with E-state index < -0.39 is 0 Å². The first-order valence-corrected chi connectivity index (χ1v) is 9.58. The van der Waals surface area contributed by atoms with Gasteiger partial charge in [0.1, 0.15) is 6.61 Å². The van der Waals surface area contributed by atoms with E-state index in [9.17, 15) is 14.4 Å². The number of amides is 3. The lowest BCUT2D eigenvalue weighted by molar-refractivity contribution is -0.119. The molecule has 0 aliphatic carbocycles. The smallest absolute Gasteiger partial charge is 0.265 e. The molecule has 0 fully saturated rings. The highest BCUT2D eigenvalue weighted by Crippen LogP contribution is 2.18. The third-order valence-corrected chi connectivity index (χ3v) is 4.70. The fourth-order valence-electron chi connectivity index (χ4n) is 2.51. The van der Waals surface area contributed by atoms with Crippen LogP contribution in [0, 0.1) is 0 Å². The van der Waals surface area contributed by atoms with Gasteiger partial charge in [-0.3, -0.25) is 14.4 Å². The number of carbonyl (C=O) groups is 3. The van der Waals surface area contributed by atoms with Crippen molar-refractivity contribution in [2.24, 2.45) is 0 Å². The summed E-state index contributed by atoms with van der Waals surface area (Å²) in [6.45, 7) is -0.0496. The van der Waals surface area contributed by atoms with Gasteiger partial charge in [0.2, 0.25) is 5.91 Å². The van der Waals surface area contributed by atoms with Gasteiger partial charge in [-0.2, -0.15) is 0 Å². The minimum atomic E-state index is -0.304. The highest BCUT2D eigenvalue weighted by atomic mass is 32.1. The normalized spacial score (nSPS) is 10.2. The van der Waals surface area contributed by atoms with Crippen molar-refractivity contribution in [2.75, 3.05) is 29.7 Å². The number of rotatable bonds is 7. The van der Waals surface area contributed by atoms with Crippen LogP contribution in [-0.4, -0.2) is 31.4 Å². The second-order valence-corrected chi connectivity index (χ2v) is 6.97. The van der Waals surface area contributed by atoms with Crippen LogP contribution in [0.25, 0.3) is 0 Å². The fraction of sp³-hybridized carbons (Fsp3) is 0.0952. The van der Waals surface area contributed by atoms with Crippen LogP contribution in [0.3, 0.4) is 0 Å². The highest BCUT2D eigenvalue weighted by Gasteiger charge is 2.10. The van der Waals surface area contributed by atoms with Crippen LogP contribution in [0.2, 0.25) is 0 Å². The largest absolute Gasteiger partial charge is 0.375 e. The first-order chi connectivity index (χ1) is 14.0. The molecule has 0 atom stereocenters. The van der Waals surface area contributed by atoms with Gasteiger partial charge >= 0.3 is 0 Å². The van der Waals surface area contributed by atoms with Crippen molar-refractivity contribution in [3.05, 3.63) is 76.5 Å². The van der Waals surface area contributed by atoms with Crippen molar-refractivity contribution in [3.63, 3.8) is 0 Å². The van der Waals surface area contributed by atoms with Crippen LogP contribution in [-0.2, 0) is 9.53 Å². The van der Waals surface area contributed by atoms with Crippen LogP contribution in [0.1, 0.15) is 20.0 Å². The average molecular weight is 409 g/mol. The second kappa shape index (κ2) is 9.63. The number of nitrogens with one attached hydrogen (secondary N) is 3. The Kier molecular flexibility index (Phi) is 6.72. The molecule has 8 heteroatoms. The molecular weight excluding hydrogens is 390 g/mol. The van der Waals surface area contributed by atoms with E-state index in [0.717, 1.165) is 0 Å². The molecule has 3 aromatic rings. The van der Waals surface area contributed by atoms with Gasteiger partial charge < -0.3 is 20.7 Å². The van der Waals surface area contributed by atoms with Gasteiger partial charge in [-0.15, -0.1) is 11.3 Å². The Labute approximate surface area is 171 Å². The summed E-state index contributed by atoms with van der Waals surface area (Å²) in [4.78, 5) is 36.7. The maximum atomic E-state index is 12.5. The van der Waals surface area contributed by atoms with E-state index in [1.807, 2.05) is 11.4 Å². The molecule has 29 heavy (non-hydrogen) atoms. The summed E-state index contributed by atoms with van der Waals surface area (Å²) in [5.74, 6) is -0.776. The van der Waals surface area contributed by atoms with E-state index in [2.05, 4.69) is 16.0 Å². The van der Waals surface area contributed by atoms with Gasteiger partial charge in [0.15, 0.2) is 0 Å². The zero-order valence-electron chi connectivity index (χ0n) is 15.6. The summed E-state index contributed by atoms with van der Waals surface area (Å²) >= 11 is 1.36. The number of anilines is 3. The molecule has 2 aromatic carbocycles. The lowest BCUT2D eigenvalue weighted by Crippen LogP contribution is -2.17. The van der Waals surface area contributed by atoms with Crippen LogP contribution in [0.15, 0.2) is 66.0 Å². The third-order valence-electron chi connectivity index (χ3n) is 3.83. The minimum Gasteiger partial charge on any atom is -0.375 e. The molecule has 0 saturated heterocycles. The maximum Gasteiger partial charge on any atom is 0.265 e. The van der Waals surface area contributed by atoms with E-state index in [-0.39, 0.29) is 24.3 Å². The molecule has 3 rings (SSSR count). The van der Waals surface area contributed by atoms with Gasteiger partial charge in [-0.1, -0.05) is 12.1 Å². The third kappa shape index (κ3) is 5.74. The molecule has 0 bridgehead atoms. The summed E-state index contributed by atoms with van der Waals surface area (Å²) in [5, 5.41) is 10.1. The zero-order chi connectivity index (χ0) is 20.6. The quantitative estimate of drug-likeness (QED) is 0.552. The Balaban J connectivity index is 1.61. The zero-order valence-corrected chi connectivity index (χ0v) is 16.4. The first-order valence-electron chi connectivity index (χ1n) is 8.70.